The van der Waals surface area contributed by atoms with Gasteiger partial charge in [0, 0.05) is 27.5 Å². The quantitative estimate of drug-likeness (QED) is 0.153. The van der Waals surface area contributed by atoms with Gasteiger partial charge in [-0.15, -0.1) is 0 Å². The van der Waals surface area contributed by atoms with Gasteiger partial charge in [-0.2, -0.15) is 0 Å². The molecule has 4 nitrogen and oxygen atoms in total. The lowest BCUT2D eigenvalue weighted by atomic mass is 9.67. The van der Waals surface area contributed by atoms with Crippen LogP contribution in [0.2, 0.25) is 0 Å². The number of benzene rings is 10. The van der Waals surface area contributed by atoms with E-state index in [0.717, 1.165) is 72.0 Å². The average molecular weight is 868 g/mol. The third kappa shape index (κ3) is 6.34. The third-order valence-corrected chi connectivity index (χ3v) is 13.6. The molecular weight excluding hydrogens is 827 g/mol. The minimum atomic E-state index is -0.502. The number of fused-ring (bicyclic) bond motifs is 6. The van der Waals surface area contributed by atoms with Crippen molar-refractivity contribution < 1.29 is 4.42 Å². The standard InChI is InChI=1S/C64H41N3O/c1-5-20-42(21-6-1)44-24-17-25-46(40-44)61-65-62(51-31-14-13-30-49(51)43-22-7-2-8-23-43)67-63(66-61)53-34-19-37-58-60(53)54-41-45(38-39-57(54)68-58)50-33-18-36-56-59(50)52-32-15-16-35-55(52)64(56,47-26-9-3-10-27-47)48-28-11-4-12-29-48/h1-41H. The summed E-state index contributed by atoms with van der Waals surface area (Å²) >= 11 is 0. The molecule has 0 unspecified atom stereocenters. The van der Waals surface area contributed by atoms with Gasteiger partial charge in [-0.25, -0.2) is 15.0 Å². The first kappa shape index (κ1) is 39.4. The summed E-state index contributed by atoms with van der Waals surface area (Å²) in [4.78, 5) is 16.0. The van der Waals surface area contributed by atoms with Crippen LogP contribution in [0.3, 0.4) is 0 Å². The van der Waals surface area contributed by atoms with Crippen LogP contribution in [0.5, 0.6) is 0 Å². The Bertz CT molecular complexity index is 3800. The predicted molar refractivity (Wildman–Crippen MR) is 277 cm³/mol. The minimum Gasteiger partial charge on any atom is -0.456 e. The van der Waals surface area contributed by atoms with Crippen molar-refractivity contribution in [3.63, 3.8) is 0 Å². The van der Waals surface area contributed by atoms with E-state index in [1.165, 1.54) is 33.4 Å². The van der Waals surface area contributed by atoms with E-state index in [4.69, 9.17) is 19.4 Å². The molecule has 1 aliphatic carbocycles. The fraction of sp³-hybridized carbons (Fsp3) is 0.0156. The molecule has 10 aromatic carbocycles. The van der Waals surface area contributed by atoms with E-state index in [1.54, 1.807) is 0 Å². The van der Waals surface area contributed by atoms with E-state index < -0.39 is 5.41 Å². The SMILES string of the molecule is c1ccc(-c2cccc(-c3nc(-c4ccccc4-c4ccccc4)nc(-c4cccc5oc6ccc(-c7cccc8c7-c7ccccc7C8(c7ccccc7)c7ccccc7)cc6c45)n3)c2)cc1. The van der Waals surface area contributed by atoms with Crippen molar-refractivity contribution in [2.75, 3.05) is 0 Å². The molecule has 13 rings (SSSR count). The third-order valence-electron chi connectivity index (χ3n) is 13.6. The van der Waals surface area contributed by atoms with E-state index in [0.29, 0.717) is 17.5 Å². The van der Waals surface area contributed by atoms with Crippen molar-refractivity contribution in [3.8, 4) is 78.7 Å². The Hall–Kier alpha value is -8.99. The molecule has 0 aliphatic heterocycles. The predicted octanol–water partition coefficient (Wildman–Crippen LogP) is 16.1. The molecule has 0 saturated heterocycles. The first-order chi connectivity index (χ1) is 33.7. The summed E-state index contributed by atoms with van der Waals surface area (Å²) in [6.45, 7) is 0. The fourth-order valence-corrected chi connectivity index (χ4v) is 10.7. The van der Waals surface area contributed by atoms with Crippen molar-refractivity contribution >= 4 is 21.9 Å². The lowest BCUT2D eigenvalue weighted by molar-refractivity contribution is 0.669. The van der Waals surface area contributed by atoms with Crippen LogP contribution < -0.4 is 0 Å². The molecule has 2 aromatic heterocycles. The molecule has 0 saturated carbocycles. The maximum absolute atomic E-state index is 6.70. The second kappa shape index (κ2) is 16.2. The average Bonchev–Trinajstić information content (AvgIpc) is 3.96. The van der Waals surface area contributed by atoms with Crippen molar-refractivity contribution in [2.45, 2.75) is 5.41 Å². The van der Waals surface area contributed by atoms with Crippen LogP contribution in [0.25, 0.3) is 101 Å². The van der Waals surface area contributed by atoms with Crippen molar-refractivity contribution in [1.29, 1.82) is 0 Å². The summed E-state index contributed by atoms with van der Waals surface area (Å²) in [5.74, 6) is 1.76. The first-order valence-electron chi connectivity index (χ1n) is 23.1. The molecule has 318 valence electrons. The Kier molecular flexibility index (Phi) is 9.36. The zero-order valence-electron chi connectivity index (χ0n) is 36.9. The number of aromatic nitrogens is 3. The Morgan fingerprint density at radius 3 is 1.54 bits per heavy atom. The highest BCUT2D eigenvalue weighted by atomic mass is 16.3. The Balaban J connectivity index is 1.03. The Morgan fingerprint density at radius 1 is 0.294 bits per heavy atom. The van der Waals surface area contributed by atoms with Crippen molar-refractivity contribution in [1.82, 2.24) is 15.0 Å². The second-order valence-electron chi connectivity index (χ2n) is 17.4. The highest BCUT2D eigenvalue weighted by Crippen LogP contribution is 2.58. The molecule has 1 aliphatic rings. The van der Waals surface area contributed by atoms with Gasteiger partial charge in [-0.1, -0.05) is 224 Å². The Labute approximate surface area is 394 Å². The Morgan fingerprint density at radius 2 is 0.809 bits per heavy atom. The summed E-state index contributed by atoms with van der Waals surface area (Å²) in [5, 5.41) is 1.95. The monoisotopic (exact) mass is 867 g/mol. The molecule has 68 heavy (non-hydrogen) atoms. The van der Waals surface area contributed by atoms with Crippen LogP contribution in [0.4, 0.5) is 0 Å². The summed E-state index contributed by atoms with van der Waals surface area (Å²) in [5.41, 5.74) is 17.9. The highest BCUT2D eigenvalue weighted by Gasteiger charge is 2.46. The molecule has 0 spiro atoms. The molecule has 0 N–H and O–H groups in total. The fourth-order valence-electron chi connectivity index (χ4n) is 10.7. The molecule has 2 heterocycles. The van der Waals surface area contributed by atoms with Crippen LogP contribution in [-0.4, -0.2) is 15.0 Å². The van der Waals surface area contributed by atoms with Gasteiger partial charge in [-0.3, -0.25) is 0 Å². The van der Waals surface area contributed by atoms with Gasteiger partial charge in [0.1, 0.15) is 11.2 Å². The maximum atomic E-state index is 6.70. The number of furan rings is 1. The van der Waals surface area contributed by atoms with Crippen LogP contribution >= 0.6 is 0 Å². The molecule has 0 amide bonds. The first-order valence-corrected chi connectivity index (χ1v) is 23.1. The number of rotatable bonds is 8. The maximum Gasteiger partial charge on any atom is 0.164 e. The lowest BCUT2D eigenvalue weighted by Gasteiger charge is -2.34. The molecule has 0 fully saturated rings. The smallest absolute Gasteiger partial charge is 0.164 e. The van der Waals surface area contributed by atoms with Crippen molar-refractivity contribution in [2.24, 2.45) is 0 Å². The van der Waals surface area contributed by atoms with Crippen LogP contribution in [0.1, 0.15) is 22.3 Å². The number of nitrogens with zero attached hydrogens (tertiary/aromatic N) is 3. The van der Waals surface area contributed by atoms with E-state index in [-0.39, 0.29) is 0 Å². The zero-order valence-corrected chi connectivity index (χ0v) is 36.9. The van der Waals surface area contributed by atoms with Gasteiger partial charge < -0.3 is 4.42 Å². The molecule has 0 radical (unpaired) electrons. The molecule has 0 bridgehead atoms. The second-order valence-corrected chi connectivity index (χ2v) is 17.4. The minimum absolute atomic E-state index is 0.502. The van der Waals surface area contributed by atoms with Crippen LogP contribution in [0, 0.1) is 0 Å². The van der Waals surface area contributed by atoms with Gasteiger partial charge in [0.05, 0.1) is 5.41 Å². The van der Waals surface area contributed by atoms with E-state index in [9.17, 15) is 0 Å². The van der Waals surface area contributed by atoms with E-state index in [1.807, 2.05) is 24.3 Å². The van der Waals surface area contributed by atoms with Crippen LogP contribution in [-0.2, 0) is 5.41 Å². The topological polar surface area (TPSA) is 51.8 Å². The van der Waals surface area contributed by atoms with Crippen LogP contribution in [0.15, 0.2) is 253 Å². The summed E-state index contributed by atoms with van der Waals surface area (Å²) in [6.07, 6.45) is 0. The van der Waals surface area contributed by atoms with Crippen molar-refractivity contribution in [3.05, 3.63) is 271 Å². The highest BCUT2D eigenvalue weighted by molar-refractivity contribution is 6.13. The van der Waals surface area contributed by atoms with E-state index in [2.05, 4.69) is 224 Å². The number of hydrogen-bond acceptors (Lipinski definition) is 4. The number of hydrogen-bond donors (Lipinski definition) is 0. The van der Waals surface area contributed by atoms with Gasteiger partial charge in [0.2, 0.25) is 0 Å². The molecule has 4 heteroatoms. The normalized spacial score (nSPS) is 12.5. The largest absolute Gasteiger partial charge is 0.456 e. The lowest BCUT2D eigenvalue weighted by Crippen LogP contribution is -2.28. The van der Waals surface area contributed by atoms with Gasteiger partial charge in [-0.05, 0) is 91.0 Å². The summed E-state index contributed by atoms with van der Waals surface area (Å²) < 4.78 is 6.70. The van der Waals surface area contributed by atoms with Gasteiger partial charge in [0.15, 0.2) is 17.5 Å². The molecular formula is C64H41N3O. The van der Waals surface area contributed by atoms with Gasteiger partial charge in [0.25, 0.3) is 0 Å². The summed E-state index contributed by atoms with van der Waals surface area (Å²) in [6, 6.07) is 88.1. The zero-order chi connectivity index (χ0) is 45.0. The molecule has 0 atom stereocenters. The summed E-state index contributed by atoms with van der Waals surface area (Å²) in [7, 11) is 0. The van der Waals surface area contributed by atoms with Gasteiger partial charge >= 0.3 is 0 Å². The van der Waals surface area contributed by atoms with E-state index >= 15 is 0 Å². The molecule has 12 aromatic rings.